The van der Waals surface area contributed by atoms with Gasteiger partial charge in [-0.15, -0.1) is 0 Å². The minimum Gasteiger partial charge on any atom is -0.493 e. The summed E-state index contributed by atoms with van der Waals surface area (Å²) in [6.45, 7) is 0.868. The van der Waals surface area contributed by atoms with Crippen LogP contribution < -0.4 is 10.1 Å². The predicted octanol–water partition coefficient (Wildman–Crippen LogP) is 3.12. The van der Waals surface area contributed by atoms with Crippen molar-refractivity contribution in [1.29, 1.82) is 0 Å². The molecule has 2 aliphatic heterocycles. The Balaban J connectivity index is 1.90. The Bertz CT molecular complexity index is 432. The molecule has 2 aliphatic rings. The van der Waals surface area contributed by atoms with E-state index in [-0.39, 0.29) is 0 Å². The number of nitrogens with one attached hydrogen (secondary N) is 1. The molecule has 1 saturated heterocycles. The lowest BCUT2D eigenvalue weighted by Gasteiger charge is -2.32. The quantitative estimate of drug-likeness (QED) is 0.924. The fourth-order valence-electron chi connectivity index (χ4n) is 2.90. The minimum absolute atomic E-state index is 0.408. The molecule has 2 unspecified atom stereocenters. The molecule has 1 aromatic carbocycles. The van der Waals surface area contributed by atoms with Gasteiger partial charge in [0.15, 0.2) is 0 Å². The fourth-order valence-corrected chi connectivity index (χ4v) is 5.80. The zero-order valence-electron chi connectivity index (χ0n) is 11.4. The third-order valence-electron chi connectivity index (χ3n) is 3.82. The molecule has 0 spiro atoms. The average Bonchev–Trinajstić information content (AvgIpc) is 2.49. The second-order valence-electron chi connectivity index (χ2n) is 5.04. The number of ether oxygens (including phenoxy) is 1. The molecule has 0 aromatic heterocycles. The van der Waals surface area contributed by atoms with Crippen molar-refractivity contribution in [3.05, 3.63) is 29.3 Å². The van der Waals surface area contributed by atoms with Crippen molar-refractivity contribution in [3.8, 4) is 5.75 Å². The van der Waals surface area contributed by atoms with Gasteiger partial charge in [-0.25, -0.2) is 0 Å². The van der Waals surface area contributed by atoms with Gasteiger partial charge in [0.25, 0.3) is 0 Å². The normalized spacial score (nSPS) is 24.4. The molecule has 0 amide bonds. The summed E-state index contributed by atoms with van der Waals surface area (Å²) < 4.78 is 5.97. The van der Waals surface area contributed by atoms with Crippen molar-refractivity contribution < 1.29 is 4.74 Å². The van der Waals surface area contributed by atoms with E-state index < -0.39 is 0 Å². The summed E-state index contributed by atoms with van der Waals surface area (Å²) in [5, 5.41) is 4.18. The van der Waals surface area contributed by atoms with E-state index in [0.29, 0.717) is 11.3 Å². The van der Waals surface area contributed by atoms with E-state index in [0.717, 1.165) is 25.2 Å². The second-order valence-corrected chi connectivity index (χ2v) is 7.53. The van der Waals surface area contributed by atoms with Crippen molar-refractivity contribution in [2.75, 3.05) is 30.9 Å². The first-order valence-electron chi connectivity index (χ1n) is 7.01. The Morgan fingerprint density at radius 2 is 2.32 bits per heavy atom. The lowest BCUT2D eigenvalue weighted by Crippen LogP contribution is -2.32. The third kappa shape index (κ3) is 2.91. The highest BCUT2D eigenvalue weighted by molar-refractivity contribution is 8.06. The van der Waals surface area contributed by atoms with Crippen LogP contribution in [0.4, 0.5) is 0 Å². The van der Waals surface area contributed by atoms with Crippen LogP contribution in [0.25, 0.3) is 0 Å². The highest BCUT2D eigenvalue weighted by Gasteiger charge is 2.28. The van der Waals surface area contributed by atoms with E-state index in [1.54, 1.807) is 0 Å². The van der Waals surface area contributed by atoms with Crippen LogP contribution in [0.3, 0.4) is 0 Å². The van der Waals surface area contributed by atoms with Gasteiger partial charge in [0, 0.05) is 34.1 Å². The molecule has 0 radical (unpaired) electrons. The molecule has 104 valence electrons. The maximum absolute atomic E-state index is 5.97. The Labute approximate surface area is 124 Å². The molecular formula is C15H21NOS2. The summed E-state index contributed by atoms with van der Waals surface area (Å²) in [4.78, 5) is 0. The van der Waals surface area contributed by atoms with E-state index in [4.69, 9.17) is 4.74 Å². The van der Waals surface area contributed by atoms with Crippen molar-refractivity contribution >= 4 is 23.5 Å². The van der Waals surface area contributed by atoms with Gasteiger partial charge in [-0.1, -0.05) is 18.2 Å². The van der Waals surface area contributed by atoms with Crippen molar-refractivity contribution in [2.45, 2.75) is 24.1 Å². The number of fused-ring (bicyclic) bond motifs is 1. The van der Waals surface area contributed by atoms with Crippen molar-refractivity contribution in [3.63, 3.8) is 0 Å². The van der Waals surface area contributed by atoms with Gasteiger partial charge in [0.05, 0.1) is 6.61 Å². The summed E-state index contributed by atoms with van der Waals surface area (Å²) in [5.74, 6) is 4.95. The molecule has 0 saturated carbocycles. The first kappa shape index (κ1) is 13.7. The molecule has 1 aromatic rings. The number of thioether (sulfide) groups is 2. The molecule has 0 bridgehead atoms. The van der Waals surface area contributed by atoms with Gasteiger partial charge < -0.3 is 10.1 Å². The van der Waals surface area contributed by atoms with Crippen LogP contribution in [0.2, 0.25) is 0 Å². The summed E-state index contributed by atoms with van der Waals surface area (Å²) in [7, 11) is 2.08. The van der Waals surface area contributed by atoms with Crippen LogP contribution in [0.15, 0.2) is 18.2 Å². The van der Waals surface area contributed by atoms with Crippen LogP contribution in [0.5, 0.6) is 5.75 Å². The average molecular weight is 295 g/mol. The maximum atomic E-state index is 5.97. The molecule has 2 nitrogen and oxygen atoms in total. The maximum Gasteiger partial charge on any atom is 0.127 e. The monoisotopic (exact) mass is 295 g/mol. The van der Waals surface area contributed by atoms with Crippen LogP contribution in [-0.2, 0) is 6.42 Å². The molecule has 0 aliphatic carbocycles. The Morgan fingerprint density at radius 3 is 3.11 bits per heavy atom. The minimum atomic E-state index is 0.408. The van der Waals surface area contributed by atoms with Gasteiger partial charge in [0.2, 0.25) is 0 Å². The Morgan fingerprint density at radius 1 is 1.37 bits per heavy atom. The SMILES string of the molecule is CNC(c1cccc2c1OCCC2)C1CSCCS1. The number of benzene rings is 1. The molecule has 4 heteroatoms. The zero-order chi connectivity index (χ0) is 13.1. The number of hydrogen-bond acceptors (Lipinski definition) is 4. The number of hydrogen-bond donors (Lipinski definition) is 1. The number of aryl methyl sites for hydroxylation is 1. The predicted molar refractivity (Wildman–Crippen MR) is 85.6 cm³/mol. The lowest BCUT2D eigenvalue weighted by atomic mass is 9.96. The molecule has 19 heavy (non-hydrogen) atoms. The second kappa shape index (κ2) is 6.42. The Kier molecular flexibility index (Phi) is 4.61. The van der Waals surface area contributed by atoms with Crippen LogP contribution in [0.1, 0.15) is 23.6 Å². The topological polar surface area (TPSA) is 21.3 Å². The summed E-state index contributed by atoms with van der Waals surface area (Å²) in [6.07, 6.45) is 2.31. The summed E-state index contributed by atoms with van der Waals surface area (Å²) >= 11 is 4.18. The zero-order valence-corrected chi connectivity index (χ0v) is 13.0. The van der Waals surface area contributed by atoms with E-state index >= 15 is 0 Å². The van der Waals surface area contributed by atoms with Crippen LogP contribution >= 0.6 is 23.5 Å². The molecule has 2 atom stereocenters. The number of rotatable bonds is 3. The van der Waals surface area contributed by atoms with Crippen LogP contribution in [0, 0.1) is 0 Å². The molecule has 3 rings (SSSR count). The number of para-hydroxylation sites is 1. The Hall–Kier alpha value is -0.320. The summed E-state index contributed by atoms with van der Waals surface area (Å²) in [5.41, 5.74) is 2.75. The van der Waals surface area contributed by atoms with E-state index in [1.807, 2.05) is 0 Å². The molecule has 1 N–H and O–H groups in total. The van der Waals surface area contributed by atoms with Crippen LogP contribution in [-0.4, -0.2) is 36.2 Å². The standard InChI is InChI=1S/C15H21NOS2/c1-16-14(13-10-18-8-9-19-13)12-6-2-4-11-5-3-7-17-15(11)12/h2,4,6,13-14,16H,3,5,7-10H2,1H3. The highest BCUT2D eigenvalue weighted by Crippen LogP contribution is 2.39. The molecular weight excluding hydrogens is 274 g/mol. The third-order valence-corrected chi connectivity index (χ3v) is 6.69. The first-order valence-corrected chi connectivity index (χ1v) is 9.21. The molecule has 2 heterocycles. The van der Waals surface area contributed by atoms with Crippen molar-refractivity contribution in [2.24, 2.45) is 0 Å². The smallest absolute Gasteiger partial charge is 0.127 e. The van der Waals surface area contributed by atoms with Gasteiger partial charge in [-0.2, -0.15) is 23.5 Å². The van der Waals surface area contributed by atoms with Gasteiger partial charge in [-0.05, 0) is 25.5 Å². The first-order chi connectivity index (χ1) is 9.40. The van der Waals surface area contributed by atoms with E-state index in [1.165, 1.54) is 28.4 Å². The lowest BCUT2D eigenvalue weighted by molar-refractivity contribution is 0.282. The van der Waals surface area contributed by atoms with Gasteiger partial charge >= 0.3 is 0 Å². The van der Waals surface area contributed by atoms with Gasteiger partial charge in [0.1, 0.15) is 5.75 Å². The largest absolute Gasteiger partial charge is 0.493 e. The fraction of sp³-hybridized carbons (Fsp3) is 0.600. The highest BCUT2D eigenvalue weighted by atomic mass is 32.2. The van der Waals surface area contributed by atoms with E-state index in [2.05, 4.69) is 54.1 Å². The van der Waals surface area contributed by atoms with E-state index in [9.17, 15) is 0 Å². The molecule has 1 fully saturated rings. The van der Waals surface area contributed by atoms with Gasteiger partial charge in [-0.3, -0.25) is 0 Å². The summed E-state index contributed by atoms with van der Waals surface area (Å²) in [6, 6.07) is 7.05. The van der Waals surface area contributed by atoms with Crippen molar-refractivity contribution in [1.82, 2.24) is 5.32 Å².